The van der Waals surface area contributed by atoms with Crippen LogP contribution in [0.15, 0.2) is 41.5 Å². The number of aliphatic hydroxyl groups is 1. The first-order valence-corrected chi connectivity index (χ1v) is 10.5. The van der Waals surface area contributed by atoms with Crippen LogP contribution >= 0.6 is 11.3 Å². The van der Waals surface area contributed by atoms with E-state index in [1.807, 2.05) is 6.07 Å². The normalized spacial score (nSPS) is 16.6. The molecule has 0 saturated carbocycles. The predicted molar refractivity (Wildman–Crippen MR) is 110 cm³/mol. The topological polar surface area (TPSA) is 67.2 Å². The minimum atomic E-state index is 0.0430. The second-order valence-corrected chi connectivity index (χ2v) is 8.22. The molecule has 0 radical (unpaired) electrons. The molecule has 2 aromatic heterocycles. The number of aromatic nitrogens is 2. The Kier molecular flexibility index (Phi) is 5.66. The van der Waals surface area contributed by atoms with E-state index in [1.165, 1.54) is 16.0 Å². The molecular weight excluding hydrogens is 358 g/mol. The van der Waals surface area contributed by atoms with Crippen molar-refractivity contribution >= 4 is 21.6 Å². The molecule has 0 amide bonds. The van der Waals surface area contributed by atoms with E-state index in [0.29, 0.717) is 19.0 Å². The van der Waals surface area contributed by atoms with Crippen LogP contribution in [0.25, 0.3) is 10.2 Å². The van der Waals surface area contributed by atoms with Crippen LogP contribution in [-0.2, 0) is 25.8 Å². The van der Waals surface area contributed by atoms with Crippen molar-refractivity contribution in [2.45, 2.75) is 44.7 Å². The zero-order valence-corrected chi connectivity index (χ0v) is 16.2. The largest absolute Gasteiger partial charge is 0.396 e. The Labute approximate surface area is 162 Å². The Balaban J connectivity index is 1.46. The molecule has 6 heteroatoms. The van der Waals surface area contributed by atoms with Crippen molar-refractivity contribution in [3.63, 3.8) is 0 Å². The maximum absolute atomic E-state index is 12.8. The van der Waals surface area contributed by atoms with Gasteiger partial charge in [-0.2, -0.15) is 0 Å². The molecule has 4 rings (SSSR count). The summed E-state index contributed by atoms with van der Waals surface area (Å²) in [6, 6.07) is 11.0. The van der Waals surface area contributed by atoms with Gasteiger partial charge in [-0.25, -0.2) is 4.98 Å². The Bertz CT molecular complexity index is 965. The molecule has 1 aliphatic rings. The standard InChI is InChI=1S/C21H25N3O2S/c25-12-4-11-24-14-23-20-19(21(24)26)17-8-7-16(13-18(17)27-20)22-10-9-15-5-2-1-3-6-15/h1-3,5-6,14,16,22,25H,4,7-13H2. The molecule has 3 aromatic rings. The lowest BCUT2D eigenvalue weighted by Gasteiger charge is -2.23. The van der Waals surface area contributed by atoms with Gasteiger partial charge in [0, 0.05) is 24.1 Å². The lowest BCUT2D eigenvalue weighted by atomic mass is 9.93. The first kappa shape index (κ1) is 18.3. The van der Waals surface area contributed by atoms with E-state index in [2.05, 4.69) is 34.6 Å². The van der Waals surface area contributed by atoms with E-state index in [0.717, 1.165) is 42.4 Å². The summed E-state index contributed by atoms with van der Waals surface area (Å²) < 4.78 is 1.63. The van der Waals surface area contributed by atoms with E-state index in [4.69, 9.17) is 5.11 Å². The number of thiophene rings is 1. The number of hydrogen-bond acceptors (Lipinski definition) is 5. The molecule has 142 valence electrons. The van der Waals surface area contributed by atoms with E-state index in [1.54, 1.807) is 22.2 Å². The van der Waals surface area contributed by atoms with Crippen LogP contribution in [0.3, 0.4) is 0 Å². The molecule has 1 unspecified atom stereocenters. The van der Waals surface area contributed by atoms with Gasteiger partial charge < -0.3 is 10.4 Å². The summed E-state index contributed by atoms with van der Waals surface area (Å²) in [5.41, 5.74) is 2.60. The summed E-state index contributed by atoms with van der Waals surface area (Å²) in [6.07, 6.45) is 6.19. The highest BCUT2D eigenvalue weighted by Gasteiger charge is 2.24. The van der Waals surface area contributed by atoms with Crippen molar-refractivity contribution in [2.24, 2.45) is 0 Å². The fourth-order valence-electron chi connectivity index (χ4n) is 3.84. The lowest BCUT2D eigenvalue weighted by molar-refractivity contribution is 0.279. The fourth-order valence-corrected chi connectivity index (χ4v) is 5.10. The molecule has 0 spiro atoms. The zero-order valence-electron chi connectivity index (χ0n) is 15.4. The molecule has 0 bridgehead atoms. The highest BCUT2D eigenvalue weighted by molar-refractivity contribution is 7.18. The number of nitrogens with zero attached hydrogens (tertiary/aromatic N) is 2. The minimum absolute atomic E-state index is 0.0430. The highest BCUT2D eigenvalue weighted by Crippen LogP contribution is 2.33. The van der Waals surface area contributed by atoms with Crippen LogP contribution in [0.5, 0.6) is 0 Å². The molecule has 27 heavy (non-hydrogen) atoms. The predicted octanol–water partition coefficient (Wildman–Crippen LogP) is 2.53. The third-order valence-electron chi connectivity index (χ3n) is 5.28. The van der Waals surface area contributed by atoms with Gasteiger partial charge in [-0.1, -0.05) is 30.3 Å². The van der Waals surface area contributed by atoms with Gasteiger partial charge in [-0.3, -0.25) is 9.36 Å². The van der Waals surface area contributed by atoms with Gasteiger partial charge in [-0.05, 0) is 49.8 Å². The van der Waals surface area contributed by atoms with Gasteiger partial charge in [0.2, 0.25) is 0 Å². The Morgan fingerprint density at radius 3 is 2.96 bits per heavy atom. The van der Waals surface area contributed by atoms with Crippen molar-refractivity contribution in [2.75, 3.05) is 13.2 Å². The van der Waals surface area contributed by atoms with Gasteiger partial charge in [0.05, 0.1) is 11.7 Å². The maximum Gasteiger partial charge on any atom is 0.262 e. The summed E-state index contributed by atoms with van der Waals surface area (Å²) in [6.45, 7) is 1.58. The number of benzene rings is 1. The van der Waals surface area contributed by atoms with E-state index >= 15 is 0 Å². The molecule has 5 nitrogen and oxygen atoms in total. The number of nitrogens with one attached hydrogen (secondary N) is 1. The Morgan fingerprint density at radius 2 is 2.15 bits per heavy atom. The molecular formula is C21H25N3O2S. The van der Waals surface area contributed by atoms with Crippen molar-refractivity contribution in [3.8, 4) is 0 Å². The average molecular weight is 384 g/mol. The highest BCUT2D eigenvalue weighted by atomic mass is 32.1. The Morgan fingerprint density at radius 1 is 1.30 bits per heavy atom. The maximum atomic E-state index is 12.8. The van der Waals surface area contributed by atoms with Gasteiger partial charge in [0.15, 0.2) is 0 Å². The summed E-state index contributed by atoms with van der Waals surface area (Å²) in [7, 11) is 0. The summed E-state index contributed by atoms with van der Waals surface area (Å²) in [5.74, 6) is 0. The first-order valence-electron chi connectivity index (χ1n) is 9.64. The van der Waals surface area contributed by atoms with E-state index in [-0.39, 0.29) is 12.2 Å². The van der Waals surface area contributed by atoms with Crippen LogP contribution in [-0.4, -0.2) is 33.9 Å². The van der Waals surface area contributed by atoms with Crippen molar-refractivity contribution in [3.05, 3.63) is 63.0 Å². The fraction of sp³-hybridized carbons (Fsp3) is 0.429. The molecule has 1 aliphatic carbocycles. The molecule has 1 aromatic carbocycles. The van der Waals surface area contributed by atoms with E-state index in [9.17, 15) is 4.79 Å². The first-order chi connectivity index (χ1) is 13.3. The lowest BCUT2D eigenvalue weighted by Crippen LogP contribution is -2.35. The Hall–Kier alpha value is -2.02. The van der Waals surface area contributed by atoms with Crippen molar-refractivity contribution in [1.82, 2.24) is 14.9 Å². The second kappa shape index (κ2) is 8.33. The second-order valence-electron chi connectivity index (χ2n) is 7.13. The van der Waals surface area contributed by atoms with Crippen LogP contribution in [0.4, 0.5) is 0 Å². The van der Waals surface area contributed by atoms with Crippen LogP contribution in [0.2, 0.25) is 0 Å². The third-order valence-corrected chi connectivity index (χ3v) is 6.44. The van der Waals surface area contributed by atoms with Crippen LogP contribution < -0.4 is 10.9 Å². The minimum Gasteiger partial charge on any atom is -0.396 e. The number of aryl methyl sites for hydroxylation is 2. The quantitative estimate of drug-likeness (QED) is 0.658. The van der Waals surface area contributed by atoms with Crippen LogP contribution in [0.1, 0.15) is 28.8 Å². The number of aliphatic hydroxyl groups excluding tert-OH is 1. The van der Waals surface area contributed by atoms with Crippen molar-refractivity contribution < 1.29 is 5.11 Å². The number of hydrogen-bond donors (Lipinski definition) is 2. The average Bonchev–Trinajstić information content (AvgIpc) is 3.07. The van der Waals surface area contributed by atoms with Gasteiger partial charge in [0.1, 0.15) is 4.83 Å². The SMILES string of the molecule is O=c1c2c3c(sc2ncn1CCCO)CC(NCCc1ccccc1)CC3. The molecule has 0 saturated heterocycles. The number of fused-ring (bicyclic) bond motifs is 3. The molecule has 2 heterocycles. The smallest absolute Gasteiger partial charge is 0.262 e. The van der Waals surface area contributed by atoms with Gasteiger partial charge >= 0.3 is 0 Å². The molecule has 0 aliphatic heterocycles. The number of rotatable bonds is 7. The molecule has 1 atom stereocenters. The van der Waals surface area contributed by atoms with Crippen LogP contribution in [0, 0.1) is 0 Å². The molecule has 0 fully saturated rings. The summed E-state index contributed by atoms with van der Waals surface area (Å²) in [5, 5.41) is 13.5. The summed E-state index contributed by atoms with van der Waals surface area (Å²) >= 11 is 1.67. The summed E-state index contributed by atoms with van der Waals surface area (Å²) in [4.78, 5) is 19.5. The van der Waals surface area contributed by atoms with Gasteiger partial charge in [0.25, 0.3) is 5.56 Å². The monoisotopic (exact) mass is 383 g/mol. The molecule has 2 N–H and O–H groups in total. The van der Waals surface area contributed by atoms with Gasteiger partial charge in [-0.15, -0.1) is 11.3 Å². The van der Waals surface area contributed by atoms with Crippen molar-refractivity contribution in [1.29, 1.82) is 0 Å². The zero-order chi connectivity index (χ0) is 18.6. The third kappa shape index (κ3) is 3.98. The van der Waals surface area contributed by atoms with E-state index < -0.39 is 0 Å².